The molecule has 0 bridgehead atoms. The number of rotatable bonds is 7. The Labute approximate surface area is 138 Å². The Morgan fingerprint density at radius 1 is 0.917 bits per heavy atom. The molecule has 24 heavy (non-hydrogen) atoms. The fourth-order valence-corrected chi connectivity index (χ4v) is 2.24. The fraction of sp³-hybridized carbons (Fsp3) is 0.333. The summed E-state index contributed by atoms with van der Waals surface area (Å²) in [6.45, 7) is 3.67. The predicted octanol–water partition coefficient (Wildman–Crippen LogP) is 5.44. The van der Waals surface area contributed by atoms with Gasteiger partial charge in [-0.25, -0.2) is 4.39 Å². The molecule has 0 amide bonds. The summed E-state index contributed by atoms with van der Waals surface area (Å²) in [6.07, 6.45) is -2.27. The van der Waals surface area contributed by atoms with Crippen LogP contribution in [0.5, 0.6) is 11.5 Å². The number of alkyl halides is 2. The van der Waals surface area contributed by atoms with Gasteiger partial charge >= 0.3 is 6.11 Å². The van der Waals surface area contributed by atoms with Crippen LogP contribution in [-0.4, -0.2) is 6.61 Å². The Hall–Kier alpha value is -2.24. The van der Waals surface area contributed by atoms with Crippen molar-refractivity contribution in [3.63, 3.8) is 0 Å². The third kappa shape index (κ3) is 3.99. The summed E-state index contributed by atoms with van der Waals surface area (Å²) in [7, 11) is 0. The van der Waals surface area contributed by atoms with E-state index in [9.17, 15) is 17.6 Å². The lowest BCUT2D eigenvalue weighted by Gasteiger charge is -2.19. The molecule has 2 aromatic carbocycles. The van der Waals surface area contributed by atoms with Gasteiger partial charge in [-0.2, -0.15) is 13.2 Å². The zero-order valence-corrected chi connectivity index (χ0v) is 13.4. The zero-order chi connectivity index (χ0) is 17.7. The molecule has 2 nitrogen and oxygen atoms in total. The van der Waals surface area contributed by atoms with E-state index in [-0.39, 0.29) is 12.4 Å². The quantitative estimate of drug-likeness (QED) is 0.624. The van der Waals surface area contributed by atoms with E-state index in [0.717, 1.165) is 30.5 Å². The van der Waals surface area contributed by atoms with Gasteiger partial charge in [0.2, 0.25) is 5.82 Å². The summed E-state index contributed by atoms with van der Waals surface area (Å²) in [4.78, 5) is 0. The SMILES string of the molecule is CCCc1ccc(OC(F)(F)c2ccc(OCC)c(F)c2F)cc1. The van der Waals surface area contributed by atoms with Crippen LogP contribution in [0.3, 0.4) is 0 Å². The second kappa shape index (κ2) is 7.55. The van der Waals surface area contributed by atoms with E-state index in [1.165, 1.54) is 12.1 Å². The zero-order valence-electron chi connectivity index (χ0n) is 13.4. The number of hydrogen-bond donors (Lipinski definition) is 0. The molecular formula is C18H18F4O2. The maximum absolute atomic E-state index is 14.2. The van der Waals surface area contributed by atoms with Crippen LogP contribution in [0.25, 0.3) is 0 Å². The molecule has 0 saturated carbocycles. The van der Waals surface area contributed by atoms with Crippen LogP contribution in [0.4, 0.5) is 17.6 Å². The Bertz CT molecular complexity index is 684. The summed E-state index contributed by atoms with van der Waals surface area (Å²) in [5.41, 5.74) is -0.201. The number of aryl methyl sites for hydroxylation is 1. The van der Waals surface area contributed by atoms with E-state index < -0.39 is 29.1 Å². The summed E-state index contributed by atoms with van der Waals surface area (Å²) < 4.78 is 65.5. The van der Waals surface area contributed by atoms with Crippen LogP contribution in [0, 0.1) is 11.6 Å². The monoisotopic (exact) mass is 342 g/mol. The molecule has 6 heteroatoms. The average Bonchev–Trinajstić information content (AvgIpc) is 2.54. The van der Waals surface area contributed by atoms with E-state index in [0.29, 0.717) is 0 Å². The molecule has 0 radical (unpaired) electrons. The molecule has 2 aromatic rings. The van der Waals surface area contributed by atoms with E-state index >= 15 is 0 Å². The maximum Gasteiger partial charge on any atom is 0.429 e. The highest BCUT2D eigenvalue weighted by Crippen LogP contribution is 2.36. The third-order valence-electron chi connectivity index (χ3n) is 3.37. The van der Waals surface area contributed by atoms with E-state index in [2.05, 4.69) is 4.74 Å². The fourth-order valence-electron chi connectivity index (χ4n) is 2.24. The summed E-state index contributed by atoms with van der Waals surface area (Å²) in [5, 5.41) is 0. The summed E-state index contributed by atoms with van der Waals surface area (Å²) >= 11 is 0. The molecule has 0 unspecified atom stereocenters. The van der Waals surface area contributed by atoms with Crippen molar-refractivity contribution in [2.75, 3.05) is 6.61 Å². The number of ether oxygens (including phenoxy) is 2. The lowest BCUT2D eigenvalue weighted by atomic mass is 10.1. The van der Waals surface area contributed by atoms with Gasteiger partial charge in [0.05, 0.1) is 6.61 Å². The lowest BCUT2D eigenvalue weighted by molar-refractivity contribution is -0.187. The molecule has 0 aliphatic rings. The highest BCUT2D eigenvalue weighted by atomic mass is 19.3. The molecule has 130 valence electrons. The van der Waals surface area contributed by atoms with Crippen molar-refractivity contribution < 1.29 is 27.0 Å². The molecule has 0 spiro atoms. The number of benzene rings is 2. The van der Waals surface area contributed by atoms with Crippen LogP contribution >= 0.6 is 0 Å². The molecule has 0 aromatic heterocycles. The van der Waals surface area contributed by atoms with Crippen molar-refractivity contribution in [1.29, 1.82) is 0 Å². The molecule has 0 N–H and O–H groups in total. The highest BCUT2D eigenvalue weighted by Gasteiger charge is 2.39. The maximum atomic E-state index is 14.2. The van der Waals surface area contributed by atoms with Gasteiger partial charge in [-0.05, 0) is 43.2 Å². The molecule has 2 rings (SSSR count). The van der Waals surface area contributed by atoms with Crippen LogP contribution in [-0.2, 0) is 12.5 Å². The normalized spacial score (nSPS) is 11.4. The van der Waals surface area contributed by atoms with Crippen molar-refractivity contribution in [2.24, 2.45) is 0 Å². The standard InChI is InChI=1S/C18H18F4O2/c1-3-5-12-6-8-13(9-7-12)24-18(21,22)14-10-11-15(23-4-2)17(20)16(14)19/h6-11H,3-5H2,1-2H3. The van der Waals surface area contributed by atoms with Gasteiger partial charge in [-0.3, -0.25) is 0 Å². The largest absolute Gasteiger partial charge is 0.491 e. The first-order chi connectivity index (χ1) is 11.4. The Morgan fingerprint density at radius 3 is 2.17 bits per heavy atom. The Balaban J connectivity index is 2.24. The van der Waals surface area contributed by atoms with Gasteiger partial charge in [-0.15, -0.1) is 0 Å². The topological polar surface area (TPSA) is 18.5 Å². The number of halogens is 4. The molecule has 0 fully saturated rings. The van der Waals surface area contributed by atoms with Gasteiger partial charge in [0.15, 0.2) is 11.6 Å². The molecule has 0 saturated heterocycles. The van der Waals surface area contributed by atoms with Gasteiger partial charge in [0.25, 0.3) is 0 Å². The van der Waals surface area contributed by atoms with E-state index in [4.69, 9.17) is 4.74 Å². The second-order valence-electron chi connectivity index (χ2n) is 5.19. The summed E-state index contributed by atoms with van der Waals surface area (Å²) in [5.74, 6) is -3.70. The Morgan fingerprint density at radius 2 is 1.58 bits per heavy atom. The minimum absolute atomic E-state index is 0.0900. The molecular weight excluding hydrogens is 324 g/mol. The van der Waals surface area contributed by atoms with Crippen LogP contribution in [0.15, 0.2) is 36.4 Å². The van der Waals surface area contributed by atoms with Crippen LogP contribution in [0.2, 0.25) is 0 Å². The Kier molecular flexibility index (Phi) is 5.70. The second-order valence-corrected chi connectivity index (χ2v) is 5.19. The average molecular weight is 342 g/mol. The number of hydrogen-bond acceptors (Lipinski definition) is 2. The van der Waals surface area contributed by atoms with Crippen molar-refractivity contribution in [3.8, 4) is 11.5 Å². The van der Waals surface area contributed by atoms with Gasteiger partial charge < -0.3 is 9.47 Å². The summed E-state index contributed by atoms with van der Waals surface area (Å²) in [6, 6.07) is 7.78. The minimum atomic E-state index is -4.01. The first-order valence-electron chi connectivity index (χ1n) is 7.66. The van der Waals surface area contributed by atoms with Crippen molar-refractivity contribution in [1.82, 2.24) is 0 Å². The third-order valence-corrected chi connectivity index (χ3v) is 3.37. The van der Waals surface area contributed by atoms with Crippen molar-refractivity contribution >= 4 is 0 Å². The van der Waals surface area contributed by atoms with Crippen molar-refractivity contribution in [2.45, 2.75) is 32.8 Å². The lowest BCUT2D eigenvalue weighted by Crippen LogP contribution is -2.24. The molecule has 0 heterocycles. The molecule has 0 aliphatic carbocycles. The smallest absolute Gasteiger partial charge is 0.429 e. The van der Waals surface area contributed by atoms with Gasteiger partial charge in [-0.1, -0.05) is 25.5 Å². The predicted molar refractivity (Wildman–Crippen MR) is 82.5 cm³/mol. The van der Waals surface area contributed by atoms with E-state index in [1.807, 2.05) is 6.92 Å². The first kappa shape index (κ1) is 18.1. The highest BCUT2D eigenvalue weighted by molar-refractivity contribution is 5.34. The minimum Gasteiger partial charge on any atom is -0.491 e. The van der Waals surface area contributed by atoms with Crippen molar-refractivity contribution in [3.05, 3.63) is 59.2 Å². The molecule has 0 atom stereocenters. The van der Waals surface area contributed by atoms with Crippen LogP contribution < -0.4 is 9.47 Å². The first-order valence-corrected chi connectivity index (χ1v) is 7.66. The molecule has 0 aliphatic heterocycles. The van der Waals surface area contributed by atoms with Gasteiger partial charge in [0, 0.05) is 0 Å². The van der Waals surface area contributed by atoms with Gasteiger partial charge in [0.1, 0.15) is 11.3 Å². The van der Waals surface area contributed by atoms with Crippen LogP contribution in [0.1, 0.15) is 31.4 Å². The van der Waals surface area contributed by atoms with E-state index in [1.54, 1.807) is 19.1 Å².